The van der Waals surface area contributed by atoms with E-state index in [0.717, 1.165) is 0 Å². The number of benzene rings is 1. The number of nitrogens with one attached hydrogen (secondary N) is 1. The van der Waals surface area contributed by atoms with Crippen molar-refractivity contribution >= 4 is 67.2 Å². The molecule has 0 spiro atoms. The minimum atomic E-state index is -3.56. The fraction of sp³-hybridized carbons (Fsp3) is 0.105. The normalized spacial score (nSPS) is 11.6. The van der Waals surface area contributed by atoms with Crippen molar-refractivity contribution in [3.05, 3.63) is 56.7 Å². The molecule has 0 atom stereocenters. The Kier molecular flexibility index (Phi) is 7.37. The smallest absolute Gasteiger partial charge is 0.353 e. The molecule has 0 saturated heterocycles. The summed E-state index contributed by atoms with van der Waals surface area (Å²) >= 11 is 8.09. The van der Waals surface area contributed by atoms with Crippen molar-refractivity contribution in [1.82, 2.24) is 10.2 Å². The van der Waals surface area contributed by atoms with Gasteiger partial charge in [0.1, 0.15) is 22.3 Å². The monoisotopic (exact) mass is 508 g/mol. The van der Waals surface area contributed by atoms with E-state index < -0.39 is 21.7 Å². The van der Waals surface area contributed by atoms with Crippen LogP contribution in [0.3, 0.4) is 0 Å². The van der Waals surface area contributed by atoms with Gasteiger partial charge in [-0.15, -0.1) is 21.5 Å². The Morgan fingerprint density at radius 3 is 2.72 bits per heavy atom. The molecular weight excluding hydrogens is 496 g/mol. The molecule has 0 saturated carbocycles. The average molecular weight is 509 g/mol. The summed E-state index contributed by atoms with van der Waals surface area (Å²) in [5.74, 6) is -1.38. The van der Waals surface area contributed by atoms with Crippen molar-refractivity contribution in [2.24, 2.45) is 0 Å². The molecule has 3 rings (SSSR count). The number of aromatic nitrogens is 2. The molecule has 1 N–H and O–H groups in total. The van der Waals surface area contributed by atoms with Gasteiger partial charge in [0, 0.05) is 0 Å². The van der Waals surface area contributed by atoms with Crippen LogP contribution in [0.2, 0.25) is 5.02 Å². The van der Waals surface area contributed by atoms with Crippen LogP contribution in [0.5, 0.6) is 5.75 Å². The van der Waals surface area contributed by atoms with Gasteiger partial charge in [0.15, 0.2) is 0 Å². The number of halogens is 1. The van der Waals surface area contributed by atoms with E-state index in [2.05, 4.69) is 15.5 Å². The summed E-state index contributed by atoms with van der Waals surface area (Å²) in [5, 5.41) is 20.7. The summed E-state index contributed by atoms with van der Waals surface area (Å²) in [6.07, 6.45) is 1.27. The number of amides is 1. The summed E-state index contributed by atoms with van der Waals surface area (Å²) in [7, 11) is -3.56. The summed E-state index contributed by atoms with van der Waals surface area (Å²) in [6.45, 7) is 1.46. The van der Waals surface area contributed by atoms with Crippen LogP contribution in [-0.2, 0) is 14.6 Å². The maximum atomic E-state index is 12.4. The molecule has 2 heterocycles. The minimum absolute atomic E-state index is 0.0583. The van der Waals surface area contributed by atoms with Crippen LogP contribution in [-0.4, -0.2) is 36.2 Å². The van der Waals surface area contributed by atoms with Gasteiger partial charge < -0.3 is 4.74 Å². The van der Waals surface area contributed by atoms with E-state index >= 15 is 0 Å². The largest absolute Gasteiger partial charge is 0.421 e. The van der Waals surface area contributed by atoms with E-state index in [9.17, 15) is 23.3 Å². The summed E-state index contributed by atoms with van der Waals surface area (Å²) in [4.78, 5) is 24.9. The van der Waals surface area contributed by atoms with Crippen molar-refractivity contribution in [3.8, 4) is 11.8 Å². The van der Waals surface area contributed by atoms with Crippen molar-refractivity contribution in [1.29, 1.82) is 5.26 Å². The molecule has 0 aliphatic heterocycles. The molecule has 0 fully saturated rings. The minimum Gasteiger partial charge on any atom is -0.421 e. The highest BCUT2D eigenvalue weighted by Gasteiger charge is 2.20. The lowest BCUT2D eigenvalue weighted by molar-refractivity contribution is -0.112. The van der Waals surface area contributed by atoms with E-state index in [1.165, 1.54) is 42.5 Å². The molecule has 0 unspecified atom stereocenters. The molecule has 9 nitrogen and oxygen atoms in total. The SMILES string of the molecule is CCS(=O)(=O)c1nnc(NC(=O)C(C#N)=Cc2ccc(OC(=O)c3cccs3)c(Cl)c2)s1. The number of sulfone groups is 1. The predicted molar refractivity (Wildman–Crippen MR) is 121 cm³/mol. The quantitative estimate of drug-likeness (QED) is 0.167. The molecule has 3 aromatic rings. The first kappa shape index (κ1) is 23.6. The van der Waals surface area contributed by atoms with Gasteiger partial charge in [0.05, 0.1) is 10.8 Å². The predicted octanol–water partition coefficient (Wildman–Crippen LogP) is 3.81. The van der Waals surface area contributed by atoms with E-state index in [1.54, 1.807) is 23.6 Å². The van der Waals surface area contributed by atoms with Gasteiger partial charge in [-0.2, -0.15) is 5.26 Å². The summed E-state index contributed by atoms with van der Waals surface area (Å²) in [6, 6.07) is 9.49. The van der Waals surface area contributed by atoms with Crippen molar-refractivity contribution in [3.63, 3.8) is 0 Å². The number of ether oxygens (including phenoxy) is 1. The van der Waals surface area contributed by atoms with Gasteiger partial charge in [-0.05, 0) is 35.2 Å². The highest BCUT2D eigenvalue weighted by atomic mass is 35.5. The third-order valence-corrected chi connectivity index (χ3v) is 7.99. The maximum absolute atomic E-state index is 12.4. The summed E-state index contributed by atoms with van der Waals surface area (Å²) in [5.41, 5.74) is 0.128. The Bertz CT molecular complexity index is 1340. The topological polar surface area (TPSA) is 139 Å². The molecule has 1 amide bonds. The van der Waals surface area contributed by atoms with E-state index in [0.29, 0.717) is 21.8 Å². The lowest BCUT2D eigenvalue weighted by Crippen LogP contribution is -2.13. The van der Waals surface area contributed by atoms with Crippen molar-refractivity contribution in [2.45, 2.75) is 11.3 Å². The Hall–Kier alpha value is -3.11. The van der Waals surface area contributed by atoms with E-state index in [1.807, 2.05) is 0 Å². The van der Waals surface area contributed by atoms with Gasteiger partial charge in [-0.25, -0.2) is 13.2 Å². The fourth-order valence-electron chi connectivity index (χ4n) is 2.22. The number of hydrogen-bond donors (Lipinski definition) is 1. The second kappa shape index (κ2) is 10.0. The Labute approximate surface area is 195 Å². The molecule has 0 aliphatic rings. The number of rotatable bonds is 7. The zero-order valence-electron chi connectivity index (χ0n) is 16.2. The highest BCUT2D eigenvalue weighted by molar-refractivity contribution is 7.93. The number of nitrogens with zero attached hydrogens (tertiary/aromatic N) is 3. The number of hydrogen-bond acceptors (Lipinski definition) is 10. The Morgan fingerprint density at radius 2 is 2.09 bits per heavy atom. The molecule has 164 valence electrons. The first-order valence-corrected chi connectivity index (χ1v) is 12.5. The van der Waals surface area contributed by atoms with Crippen LogP contribution in [0.1, 0.15) is 22.2 Å². The van der Waals surface area contributed by atoms with Crippen LogP contribution in [0.25, 0.3) is 6.08 Å². The Balaban J connectivity index is 1.74. The van der Waals surface area contributed by atoms with Crippen molar-refractivity contribution < 1.29 is 22.7 Å². The van der Waals surface area contributed by atoms with Gasteiger partial charge in [-0.1, -0.05) is 42.0 Å². The third-order valence-electron chi connectivity index (χ3n) is 3.83. The lowest BCUT2D eigenvalue weighted by atomic mass is 10.1. The second-order valence-electron chi connectivity index (χ2n) is 5.96. The molecule has 0 radical (unpaired) electrons. The van der Waals surface area contributed by atoms with E-state index in [-0.39, 0.29) is 31.6 Å². The molecule has 1 aromatic carbocycles. The highest BCUT2D eigenvalue weighted by Crippen LogP contribution is 2.28. The number of thiophene rings is 1. The molecule has 2 aromatic heterocycles. The molecular formula is C19H13ClN4O5S3. The molecule has 32 heavy (non-hydrogen) atoms. The van der Waals surface area contributed by atoms with Crippen LogP contribution in [0, 0.1) is 11.3 Å². The number of esters is 1. The first-order valence-electron chi connectivity index (χ1n) is 8.78. The standard InChI is InChI=1S/C19H13ClN4O5S3/c1-2-32(27,28)19-24-23-18(31-19)22-16(25)12(10-21)8-11-5-6-14(13(20)9-11)29-17(26)15-4-3-7-30-15/h3-9H,2H2,1H3,(H,22,23,25). The van der Waals surface area contributed by atoms with Gasteiger partial charge in [-0.3, -0.25) is 10.1 Å². The van der Waals surface area contributed by atoms with Crippen LogP contribution >= 0.6 is 34.3 Å². The van der Waals surface area contributed by atoms with Crippen LogP contribution in [0.4, 0.5) is 5.13 Å². The van der Waals surface area contributed by atoms with E-state index in [4.69, 9.17) is 16.3 Å². The maximum Gasteiger partial charge on any atom is 0.353 e. The second-order valence-corrected chi connectivity index (χ2v) is 10.7. The molecule has 0 aliphatic carbocycles. The first-order chi connectivity index (χ1) is 15.2. The number of carbonyl (C=O) groups excluding carboxylic acids is 2. The average Bonchev–Trinajstić information content (AvgIpc) is 3.46. The van der Waals surface area contributed by atoms with Crippen molar-refractivity contribution in [2.75, 3.05) is 11.1 Å². The van der Waals surface area contributed by atoms with Crippen LogP contribution < -0.4 is 10.1 Å². The number of carbonyl (C=O) groups is 2. The number of anilines is 1. The van der Waals surface area contributed by atoms with Gasteiger partial charge in [0.2, 0.25) is 19.3 Å². The molecule has 0 bridgehead atoms. The lowest BCUT2D eigenvalue weighted by Gasteiger charge is -2.06. The fourth-order valence-corrected chi connectivity index (χ4v) is 5.03. The van der Waals surface area contributed by atoms with Gasteiger partial charge in [0.25, 0.3) is 5.91 Å². The summed E-state index contributed by atoms with van der Waals surface area (Å²) < 4.78 is 28.7. The Morgan fingerprint density at radius 1 is 1.31 bits per heavy atom. The zero-order chi connectivity index (χ0) is 23.3. The molecule has 13 heteroatoms. The third kappa shape index (κ3) is 5.57. The zero-order valence-corrected chi connectivity index (χ0v) is 19.4. The van der Waals surface area contributed by atoms with Crippen LogP contribution in [0.15, 0.2) is 45.6 Å². The van der Waals surface area contributed by atoms with Gasteiger partial charge >= 0.3 is 5.97 Å². The number of nitriles is 1.